The minimum Gasteiger partial charge on any atom is -0.496 e. The second kappa shape index (κ2) is 7.28. The molecule has 112 valence electrons. The van der Waals surface area contributed by atoms with E-state index in [1.807, 2.05) is 12.1 Å². The van der Waals surface area contributed by atoms with E-state index >= 15 is 0 Å². The minimum absolute atomic E-state index is 0.307. The molecule has 2 nitrogen and oxygen atoms in total. The lowest BCUT2D eigenvalue weighted by molar-refractivity contribution is 0.396. The highest BCUT2D eigenvalue weighted by molar-refractivity contribution is 5.36. The molecule has 2 rings (SSSR count). The summed E-state index contributed by atoms with van der Waals surface area (Å²) in [4.78, 5) is 0. The third-order valence-electron chi connectivity index (χ3n) is 3.96. The molecule has 0 radical (unpaired) electrons. The molecule has 0 bridgehead atoms. The maximum absolute atomic E-state index is 5.48. The van der Waals surface area contributed by atoms with Crippen LogP contribution in [-0.2, 0) is 6.54 Å². The average Bonchev–Trinajstić information content (AvgIpc) is 2.50. The molecule has 2 aromatic carbocycles. The zero-order chi connectivity index (χ0) is 15.2. The Kier molecular flexibility index (Phi) is 5.40. The molecule has 0 spiro atoms. The molecule has 2 heteroatoms. The van der Waals surface area contributed by atoms with Gasteiger partial charge in [0.2, 0.25) is 0 Å². The number of methoxy groups -OCH3 is 1. The first-order valence-electron chi connectivity index (χ1n) is 7.58. The summed E-state index contributed by atoms with van der Waals surface area (Å²) in [5.74, 6) is 0.956. The van der Waals surface area contributed by atoms with Crippen LogP contribution in [0.4, 0.5) is 0 Å². The van der Waals surface area contributed by atoms with Gasteiger partial charge in [-0.3, -0.25) is 0 Å². The van der Waals surface area contributed by atoms with Gasteiger partial charge in [-0.05, 0) is 37.5 Å². The fraction of sp³-hybridized carbons (Fsp3) is 0.368. The zero-order valence-corrected chi connectivity index (χ0v) is 13.4. The summed E-state index contributed by atoms with van der Waals surface area (Å²) in [6.45, 7) is 7.39. The normalized spacial score (nSPS) is 12.2. The van der Waals surface area contributed by atoms with Gasteiger partial charge in [-0.2, -0.15) is 0 Å². The van der Waals surface area contributed by atoms with Gasteiger partial charge in [0.1, 0.15) is 5.75 Å². The molecule has 0 aromatic heterocycles. The number of nitrogens with one attached hydrogen (secondary N) is 1. The molecule has 0 saturated heterocycles. The Morgan fingerprint density at radius 3 is 2.52 bits per heavy atom. The zero-order valence-electron chi connectivity index (χ0n) is 13.4. The molecule has 0 heterocycles. The highest BCUT2D eigenvalue weighted by Gasteiger charge is 2.13. The minimum atomic E-state index is 0.307. The monoisotopic (exact) mass is 283 g/mol. The predicted octanol–water partition coefficient (Wildman–Crippen LogP) is 4.55. The number of hydrogen-bond donors (Lipinski definition) is 1. The van der Waals surface area contributed by atoms with Crippen LogP contribution in [0.1, 0.15) is 41.6 Å². The van der Waals surface area contributed by atoms with Gasteiger partial charge in [0, 0.05) is 18.2 Å². The molecular formula is C19H25NO. The lowest BCUT2D eigenvalue weighted by Gasteiger charge is -2.20. The Balaban J connectivity index is 2.12. The highest BCUT2D eigenvalue weighted by atomic mass is 16.5. The van der Waals surface area contributed by atoms with Crippen molar-refractivity contribution in [1.29, 1.82) is 0 Å². The van der Waals surface area contributed by atoms with E-state index in [2.05, 4.69) is 56.4 Å². The van der Waals surface area contributed by atoms with E-state index in [9.17, 15) is 0 Å². The van der Waals surface area contributed by atoms with Crippen molar-refractivity contribution < 1.29 is 4.74 Å². The second-order valence-electron chi connectivity index (χ2n) is 5.51. The van der Waals surface area contributed by atoms with Crippen molar-refractivity contribution in [2.45, 2.75) is 39.8 Å². The number of rotatable bonds is 6. The molecule has 0 saturated carbocycles. The molecule has 1 atom stereocenters. The van der Waals surface area contributed by atoms with Gasteiger partial charge in [-0.15, -0.1) is 0 Å². The molecule has 0 amide bonds. The standard InChI is InChI=1S/C19H25NO/c1-5-18(17-8-6-7-9-19(17)21-4)20-13-16-11-10-14(2)12-15(16)3/h6-12,18,20H,5,13H2,1-4H3. The SMILES string of the molecule is CCC(NCc1ccc(C)cc1C)c1ccccc1OC. The van der Waals surface area contributed by atoms with E-state index < -0.39 is 0 Å². The van der Waals surface area contributed by atoms with E-state index in [0.29, 0.717) is 6.04 Å². The van der Waals surface area contributed by atoms with Gasteiger partial charge in [-0.25, -0.2) is 0 Å². The van der Waals surface area contributed by atoms with Crippen molar-refractivity contribution in [3.8, 4) is 5.75 Å². The van der Waals surface area contributed by atoms with E-state index in [1.165, 1.54) is 22.3 Å². The molecule has 1 N–H and O–H groups in total. The van der Waals surface area contributed by atoms with Crippen LogP contribution in [-0.4, -0.2) is 7.11 Å². The summed E-state index contributed by atoms with van der Waals surface area (Å²) < 4.78 is 5.48. The summed E-state index contributed by atoms with van der Waals surface area (Å²) in [5, 5.41) is 3.66. The molecule has 0 aliphatic rings. The Morgan fingerprint density at radius 1 is 1.10 bits per heavy atom. The maximum atomic E-state index is 5.48. The average molecular weight is 283 g/mol. The fourth-order valence-corrected chi connectivity index (χ4v) is 2.71. The smallest absolute Gasteiger partial charge is 0.123 e. The van der Waals surface area contributed by atoms with Crippen LogP contribution in [0.25, 0.3) is 0 Å². The largest absolute Gasteiger partial charge is 0.496 e. The van der Waals surface area contributed by atoms with Crippen molar-refractivity contribution in [1.82, 2.24) is 5.32 Å². The van der Waals surface area contributed by atoms with Gasteiger partial charge in [-0.1, -0.05) is 48.9 Å². The molecule has 0 aliphatic carbocycles. The van der Waals surface area contributed by atoms with Gasteiger partial charge < -0.3 is 10.1 Å². The van der Waals surface area contributed by atoms with E-state index in [0.717, 1.165) is 18.7 Å². The van der Waals surface area contributed by atoms with Crippen molar-refractivity contribution in [3.63, 3.8) is 0 Å². The molecule has 2 aromatic rings. The first-order chi connectivity index (χ1) is 10.2. The molecule has 21 heavy (non-hydrogen) atoms. The summed E-state index contributed by atoms with van der Waals surface area (Å²) in [7, 11) is 1.73. The van der Waals surface area contributed by atoms with Crippen LogP contribution in [0.3, 0.4) is 0 Å². The van der Waals surface area contributed by atoms with Crippen LogP contribution in [0, 0.1) is 13.8 Å². The Morgan fingerprint density at radius 2 is 1.86 bits per heavy atom. The molecule has 0 fully saturated rings. The van der Waals surface area contributed by atoms with Gasteiger partial charge in [0.15, 0.2) is 0 Å². The third-order valence-corrected chi connectivity index (χ3v) is 3.96. The Bertz CT molecular complexity index is 592. The summed E-state index contributed by atoms with van der Waals surface area (Å²) in [6.07, 6.45) is 1.03. The highest BCUT2D eigenvalue weighted by Crippen LogP contribution is 2.27. The van der Waals surface area contributed by atoms with Gasteiger partial charge in [0.05, 0.1) is 7.11 Å². The lowest BCUT2D eigenvalue weighted by Crippen LogP contribution is -2.21. The van der Waals surface area contributed by atoms with Crippen LogP contribution in [0.5, 0.6) is 5.75 Å². The van der Waals surface area contributed by atoms with Crippen LogP contribution in [0.2, 0.25) is 0 Å². The van der Waals surface area contributed by atoms with Crippen LogP contribution < -0.4 is 10.1 Å². The molecule has 0 aliphatic heterocycles. The second-order valence-corrected chi connectivity index (χ2v) is 5.51. The van der Waals surface area contributed by atoms with Crippen molar-refractivity contribution in [3.05, 3.63) is 64.7 Å². The lowest BCUT2D eigenvalue weighted by atomic mass is 10.0. The van der Waals surface area contributed by atoms with Gasteiger partial charge >= 0.3 is 0 Å². The number of ether oxygens (including phenoxy) is 1. The topological polar surface area (TPSA) is 21.3 Å². The Labute approximate surface area is 128 Å². The number of hydrogen-bond acceptors (Lipinski definition) is 2. The first kappa shape index (κ1) is 15.6. The maximum Gasteiger partial charge on any atom is 0.123 e. The van der Waals surface area contributed by atoms with Gasteiger partial charge in [0.25, 0.3) is 0 Å². The van der Waals surface area contributed by atoms with Crippen LogP contribution in [0.15, 0.2) is 42.5 Å². The summed E-state index contributed by atoms with van der Waals surface area (Å²) in [6, 6.07) is 15.2. The number of benzene rings is 2. The van der Waals surface area contributed by atoms with E-state index in [4.69, 9.17) is 4.74 Å². The molecule has 1 unspecified atom stereocenters. The van der Waals surface area contributed by atoms with Crippen molar-refractivity contribution in [2.24, 2.45) is 0 Å². The predicted molar refractivity (Wildman–Crippen MR) is 88.8 cm³/mol. The van der Waals surface area contributed by atoms with E-state index in [-0.39, 0.29) is 0 Å². The number of aryl methyl sites for hydroxylation is 2. The van der Waals surface area contributed by atoms with Crippen LogP contribution >= 0.6 is 0 Å². The van der Waals surface area contributed by atoms with E-state index in [1.54, 1.807) is 7.11 Å². The summed E-state index contributed by atoms with van der Waals surface area (Å²) in [5.41, 5.74) is 5.24. The Hall–Kier alpha value is -1.80. The van der Waals surface area contributed by atoms with Crippen molar-refractivity contribution in [2.75, 3.05) is 7.11 Å². The third kappa shape index (κ3) is 3.85. The number of para-hydroxylation sites is 1. The quantitative estimate of drug-likeness (QED) is 0.839. The van der Waals surface area contributed by atoms with Crippen molar-refractivity contribution >= 4 is 0 Å². The fourth-order valence-electron chi connectivity index (χ4n) is 2.71. The first-order valence-corrected chi connectivity index (χ1v) is 7.58. The summed E-state index contributed by atoms with van der Waals surface area (Å²) >= 11 is 0. The molecular weight excluding hydrogens is 258 g/mol.